The van der Waals surface area contributed by atoms with Gasteiger partial charge >= 0.3 is 0 Å². The highest BCUT2D eigenvalue weighted by Gasteiger charge is 2.10. The molecule has 0 fully saturated rings. The number of para-hydroxylation sites is 1. The maximum absolute atomic E-state index is 12.5. The van der Waals surface area contributed by atoms with E-state index in [1.165, 1.54) is 6.33 Å². The molecule has 0 aliphatic carbocycles. The van der Waals surface area contributed by atoms with Crippen LogP contribution in [0.15, 0.2) is 41.6 Å². The summed E-state index contributed by atoms with van der Waals surface area (Å²) < 4.78 is 25.1. The summed E-state index contributed by atoms with van der Waals surface area (Å²) in [4.78, 5) is 8.69. The molecule has 2 rings (SSSR count). The average Bonchev–Trinajstić information content (AvgIpc) is 2.47. The Balaban J connectivity index is 2.14. The van der Waals surface area contributed by atoms with E-state index in [9.17, 15) is 8.78 Å². The lowest BCUT2D eigenvalue weighted by Gasteiger charge is -2.11. The normalized spacial score (nSPS) is 10.7. The molecule has 0 saturated heterocycles. The van der Waals surface area contributed by atoms with Gasteiger partial charge in [0.25, 0.3) is 5.76 Å². The van der Waals surface area contributed by atoms with Crippen LogP contribution in [0.1, 0.15) is 13.3 Å². The van der Waals surface area contributed by atoms with Crippen LogP contribution in [0.5, 0.6) is 0 Å². The van der Waals surface area contributed by atoms with E-state index in [0.717, 1.165) is 13.0 Å². The zero-order valence-electron chi connectivity index (χ0n) is 11.5. The highest BCUT2D eigenvalue weighted by atomic mass is 32.2. The number of hydrogen-bond donors (Lipinski definition) is 2. The Bertz CT molecular complexity index is 580. The zero-order chi connectivity index (χ0) is 15.1. The lowest BCUT2D eigenvalue weighted by atomic mass is 10.3. The molecule has 0 amide bonds. The topological polar surface area (TPSA) is 49.8 Å². The van der Waals surface area contributed by atoms with Crippen LogP contribution >= 0.6 is 11.8 Å². The molecule has 2 N–H and O–H groups in total. The minimum Gasteiger partial charge on any atom is -0.370 e. The zero-order valence-corrected chi connectivity index (χ0v) is 12.3. The van der Waals surface area contributed by atoms with Crippen molar-refractivity contribution in [2.24, 2.45) is 0 Å². The largest absolute Gasteiger partial charge is 0.370 e. The van der Waals surface area contributed by atoms with Gasteiger partial charge in [0, 0.05) is 17.5 Å². The number of halogens is 2. The highest BCUT2D eigenvalue weighted by molar-refractivity contribution is 7.99. The minimum atomic E-state index is -2.46. The number of rotatable bonds is 7. The Hall–Kier alpha value is -1.89. The predicted octanol–water partition coefficient (Wildman–Crippen LogP) is 4.36. The molecule has 0 bridgehead atoms. The van der Waals surface area contributed by atoms with E-state index >= 15 is 0 Å². The van der Waals surface area contributed by atoms with Crippen molar-refractivity contribution in [2.45, 2.75) is 24.0 Å². The van der Waals surface area contributed by atoms with Crippen LogP contribution in [0.25, 0.3) is 0 Å². The van der Waals surface area contributed by atoms with Crippen molar-refractivity contribution in [2.75, 3.05) is 17.2 Å². The lowest BCUT2D eigenvalue weighted by Crippen LogP contribution is -2.03. The molecule has 0 atom stereocenters. The van der Waals surface area contributed by atoms with Gasteiger partial charge in [-0.15, -0.1) is 0 Å². The predicted molar refractivity (Wildman–Crippen MR) is 82.4 cm³/mol. The van der Waals surface area contributed by atoms with E-state index in [1.54, 1.807) is 30.3 Å². The van der Waals surface area contributed by atoms with Crippen molar-refractivity contribution in [3.05, 3.63) is 36.7 Å². The molecule has 0 aliphatic heterocycles. The second-order valence-electron chi connectivity index (χ2n) is 4.21. The van der Waals surface area contributed by atoms with Crippen molar-refractivity contribution in [3.63, 3.8) is 0 Å². The first-order valence-corrected chi connectivity index (χ1v) is 7.43. The number of nitrogens with one attached hydrogen (secondary N) is 2. The number of hydrogen-bond acceptors (Lipinski definition) is 5. The molecule has 21 heavy (non-hydrogen) atoms. The van der Waals surface area contributed by atoms with Gasteiger partial charge in [0.05, 0.1) is 5.69 Å². The van der Waals surface area contributed by atoms with Crippen LogP contribution in [0.4, 0.5) is 26.1 Å². The molecule has 1 aromatic heterocycles. The van der Waals surface area contributed by atoms with Crippen LogP contribution < -0.4 is 10.6 Å². The number of aromatic nitrogens is 2. The lowest BCUT2D eigenvalue weighted by molar-refractivity contribution is 0.252. The molecule has 0 saturated carbocycles. The Morgan fingerprint density at radius 2 is 1.95 bits per heavy atom. The summed E-state index contributed by atoms with van der Waals surface area (Å²) in [5.74, 6) is -1.20. The SMILES string of the molecule is CCCNc1cc(Nc2ccccc2SC(F)F)ncn1. The number of nitrogens with zero attached hydrogens (tertiary/aromatic N) is 2. The van der Waals surface area contributed by atoms with Gasteiger partial charge in [-0.05, 0) is 18.6 Å². The van der Waals surface area contributed by atoms with Crippen LogP contribution in [-0.2, 0) is 0 Å². The van der Waals surface area contributed by atoms with Crippen molar-refractivity contribution >= 4 is 29.1 Å². The Morgan fingerprint density at radius 3 is 2.71 bits per heavy atom. The second-order valence-corrected chi connectivity index (χ2v) is 5.25. The molecule has 0 aliphatic rings. The van der Waals surface area contributed by atoms with Gasteiger partial charge in [0.15, 0.2) is 0 Å². The summed E-state index contributed by atoms with van der Waals surface area (Å²) in [6.45, 7) is 2.87. The summed E-state index contributed by atoms with van der Waals surface area (Å²) in [6.07, 6.45) is 2.42. The Kier molecular flexibility index (Phi) is 5.74. The first-order valence-electron chi connectivity index (χ1n) is 6.56. The van der Waals surface area contributed by atoms with Gasteiger partial charge in [0.2, 0.25) is 0 Å². The summed E-state index contributed by atoms with van der Waals surface area (Å²) >= 11 is 0.508. The van der Waals surface area contributed by atoms with E-state index in [4.69, 9.17) is 0 Å². The van der Waals surface area contributed by atoms with E-state index in [2.05, 4.69) is 27.5 Å². The monoisotopic (exact) mass is 310 g/mol. The fourth-order valence-corrected chi connectivity index (χ4v) is 2.28. The average molecular weight is 310 g/mol. The summed E-state index contributed by atoms with van der Waals surface area (Å²) in [5.41, 5.74) is 0.600. The molecular weight excluding hydrogens is 294 g/mol. The van der Waals surface area contributed by atoms with Crippen LogP contribution in [-0.4, -0.2) is 22.3 Å². The van der Waals surface area contributed by atoms with E-state index in [0.29, 0.717) is 34.0 Å². The van der Waals surface area contributed by atoms with Gasteiger partial charge in [-0.25, -0.2) is 9.97 Å². The van der Waals surface area contributed by atoms with Crippen molar-refractivity contribution in [3.8, 4) is 0 Å². The van der Waals surface area contributed by atoms with Crippen LogP contribution in [0, 0.1) is 0 Å². The summed E-state index contributed by atoms with van der Waals surface area (Å²) in [7, 11) is 0. The molecule has 4 nitrogen and oxygen atoms in total. The second kappa shape index (κ2) is 7.78. The number of benzene rings is 1. The highest BCUT2D eigenvalue weighted by Crippen LogP contribution is 2.33. The molecule has 0 spiro atoms. The third kappa shape index (κ3) is 4.86. The molecule has 1 aromatic carbocycles. The van der Waals surface area contributed by atoms with E-state index in [-0.39, 0.29) is 0 Å². The fraction of sp³-hybridized carbons (Fsp3) is 0.286. The quantitative estimate of drug-likeness (QED) is 0.744. The third-order valence-electron chi connectivity index (χ3n) is 2.59. The van der Waals surface area contributed by atoms with Crippen molar-refractivity contribution < 1.29 is 8.78 Å². The molecular formula is C14H16F2N4S. The Labute approximate surface area is 126 Å². The van der Waals surface area contributed by atoms with Gasteiger partial charge in [-0.3, -0.25) is 0 Å². The van der Waals surface area contributed by atoms with Gasteiger partial charge in [-0.2, -0.15) is 8.78 Å². The van der Waals surface area contributed by atoms with Gasteiger partial charge in [0.1, 0.15) is 18.0 Å². The third-order valence-corrected chi connectivity index (χ3v) is 3.38. The molecule has 0 unspecified atom stereocenters. The maximum atomic E-state index is 12.5. The van der Waals surface area contributed by atoms with Gasteiger partial charge < -0.3 is 10.6 Å². The molecule has 112 valence electrons. The molecule has 1 heterocycles. The smallest absolute Gasteiger partial charge is 0.288 e. The fourth-order valence-electron chi connectivity index (χ4n) is 1.68. The van der Waals surface area contributed by atoms with E-state index < -0.39 is 5.76 Å². The van der Waals surface area contributed by atoms with Gasteiger partial charge in [-0.1, -0.05) is 30.8 Å². The summed E-state index contributed by atoms with van der Waals surface area (Å²) in [6, 6.07) is 8.65. The molecule has 7 heteroatoms. The van der Waals surface area contributed by atoms with Crippen LogP contribution in [0.2, 0.25) is 0 Å². The standard InChI is InChI=1S/C14H16F2N4S/c1-2-7-17-12-8-13(19-9-18-12)20-10-5-3-4-6-11(10)21-14(15)16/h3-6,8-9,14H,2,7H2,1H3,(H2,17,18,19,20). The summed E-state index contributed by atoms with van der Waals surface area (Å²) in [5, 5.41) is 6.20. The van der Waals surface area contributed by atoms with Crippen LogP contribution in [0.3, 0.4) is 0 Å². The van der Waals surface area contributed by atoms with Crippen molar-refractivity contribution in [1.82, 2.24) is 9.97 Å². The van der Waals surface area contributed by atoms with E-state index in [1.807, 2.05) is 0 Å². The number of alkyl halides is 2. The number of thioether (sulfide) groups is 1. The first kappa shape index (κ1) is 15.5. The van der Waals surface area contributed by atoms with Crippen molar-refractivity contribution in [1.29, 1.82) is 0 Å². The first-order chi connectivity index (χ1) is 10.2. The number of anilines is 3. The maximum Gasteiger partial charge on any atom is 0.288 e. The Morgan fingerprint density at radius 1 is 1.19 bits per heavy atom. The molecule has 2 aromatic rings. The molecule has 0 radical (unpaired) electrons. The minimum absolute atomic E-state index is 0.481.